The molecule has 6 heteroatoms. The van der Waals surface area contributed by atoms with Crippen molar-refractivity contribution in [2.45, 2.75) is 32.7 Å². The van der Waals surface area contributed by atoms with Crippen molar-refractivity contribution < 1.29 is 19.1 Å². The van der Waals surface area contributed by atoms with E-state index in [4.69, 9.17) is 5.11 Å². The van der Waals surface area contributed by atoms with E-state index >= 15 is 0 Å². The quantitative estimate of drug-likeness (QED) is 0.876. The molecule has 0 heterocycles. The van der Waals surface area contributed by atoms with Crippen LogP contribution in [0.5, 0.6) is 0 Å². The first-order chi connectivity index (χ1) is 9.88. The molecule has 21 heavy (non-hydrogen) atoms. The van der Waals surface area contributed by atoms with Crippen molar-refractivity contribution in [3.63, 3.8) is 0 Å². The summed E-state index contributed by atoms with van der Waals surface area (Å²) in [5.41, 5.74) is -0.147. The van der Waals surface area contributed by atoms with Gasteiger partial charge in [-0.05, 0) is 37.0 Å². The molecule has 1 saturated carbocycles. The molecule has 1 aliphatic carbocycles. The van der Waals surface area contributed by atoms with Gasteiger partial charge in [0.15, 0.2) is 0 Å². The van der Waals surface area contributed by atoms with Crippen LogP contribution in [0.4, 0.5) is 14.9 Å². The zero-order chi connectivity index (χ0) is 15.6. The van der Waals surface area contributed by atoms with Crippen molar-refractivity contribution in [3.05, 3.63) is 29.6 Å². The zero-order valence-electron chi connectivity index (χ0n) is 12.1. The Kier molecular flexibility index (Phi) is 4.45. The molecule has 0 bridgehead atoms. The lowest BCUT2D eigenvalue weighted by molar-refractivity contribution is 0.0692. The van der Waals surface area contributed by atoms with Crippen LogP contribution in [0.15, 0.2) is 18.2 Å². The lowest BCUT2D eigenvalue weighted by Gasteiger charge is -2.24. The number of aromatic carboxylic acids is 1. The summed E-state index contributed by atoms with van der Waals surface area (Å²) in [5, 5.41) is 11.4. The first kappa shape index (κ1) is 15.3. The van der Waals surface area contributed by atoms with E-state index in [0.29, 0.717) is 12.5 Å². The van der Waals surface area contributed by atoms with Gasteiger partial charge < -0.3 is 15.3 Å². The molecular weight excluding hydrogens is 275 g/mol. The summed E-state index contributed by atoms with van der Waals surface area (Å²) < 4.78 is 13.6. The van der Waals surface area contributed by atoms with Crippen LogP contribution in [-0.2, 0) is 0 Å². The Bertz CT molecular complexity index is 556. The second kappa shape index (κ2) is 6.11. The Balaban J connectivity index is 2.07. The summed E-state index contributed by atoms with van der Waals surface area (Å²) in [5.74, 6) is -1.84. The zero-order valence-corrected chi connectivity index (χ0v) is 12.1. The molecule has 2 rings (SSSR count). The van der Waals surface area contributed by atoms with Crippen LogP contribution in [0.25, 0.3) is 0 Å². The van der Waals surface area contributed by atoms with Crippen LogP contribution in [0, 0.1) is 11.7 Å². The fraction of sp³-hybridized carbons (Fsp3) is 0.467. The summed E-state index contributed by atoms with van der Waals surface area (Å²) in [6, 6.07) is 3.56. The van der Waals surface area contributed by atoms with Gasteiger partial charge in [-0.25, -0.2) is 14.0 Å². The normalized spacial score (nSPS) is 14.1. The minimum atomic E-state index is -1.33. The van der Waals surface area contributed by atoms with Gasteiger partial charge in [0.25, 0.3) is 0 Å². The Morgan fingerprint density at radius 1 is 1.43 bits per heavy atom. The average molecular weight is 294 g/mol. The maximum Gasteiger partial charge on any atom is 0.338 e. The van der Waals surface area contributed by atoms with Gasteiger partial charge in [0, 0.05) is 18.3 Å². The van der Waals surface area contributed by atoms with Crippen molar-refractivity contribution in [3.8, 4) is 0 Å². The van der Waals surface area contributed by atoms with E-state index in [-0.39, 0.29) is 17.8 Å². The maximum absolute atomic E-state index is 13.6. The van der Waals surface area contributed by atoms with Crippen LogP contribution in [-0.4, -0.2) is 34.6 Å². The third-order valence-corrected chi connectivity index (χ3v) is 3.26. The number of halogens is 1. The van der Waals surface area contributed by atoms with Crippen molar-refractivity contribution in [2.24, 2.45) is 5.92 Å². The number of benzene rings is 1. The summed E-state index contributed by atoms with van der Waals surface area (Å²) in [4.78, 5) is 24.7. The van der Waals surface area contributed by atoms with Gasteiger partial charge in [-0.15, -0.1) is 0 Å². The van der Waals surface area contributed by atoms with Crippen molar-refractivity contribution >= 4 is 17.7 Å². The molecule has 0 radical (unpaired) electrons. The number of urea groups is 1. The Morgan fingerprint density at radius 2 is 2.10 bits per heavy atom. The topological polar surface area (TPSA) is 69.6 Å². The van der Waals surface area contributed by atoms with Crippen molar-refractivity contribution in [2.75, 3.05) is 11.9 Å². The van der Waals surface area contributed by atoms with E-state index in [2.05, 4.69) is 5.32 Å². The number of amides is 2. The highest BCUT2D eigenvalue weighted by Gasteiger charge is 2.32. The molecule has 1 aromatic rings. The van der Waals surface area contributed by atoms with Crippen LogP contribution in [0.1, 0.15) is 37.0 Å². The average Bonchev–Trinajstić information content (AvgIpc) is 3.19. The third-order valence-electron chi connectivity index (χ3n) is 3.26. The lowest BCUT2D eigenvalue weighted by Crippen LogP contribution is -2.39. The molecule has 1 aromatic carbocycles. The summed E-state index contributed by atoms with van der Waals surface area (Å²) >= 11 is 0. The van der Waals surface area contributed by atoms with Gasteiger partial charge in [0.1, 0.15) is 5.82 Å². The first-order valence-electron chi connectivity index (χ1n) is 6.99. The van der Waals surface area contributed by atoms with E-state index in [1.165, 1.54) is 6.07 Å². The number of anilines is 1. The van der Waals surface area contributed by atoms with E-state index < -0.39 is 17.3 Å². The molecule has 0 aliphatic heterocycles. The second-order valence-corrected chi connectivity index (χ2v) is 5.71. The Morgan fingerprint density at radius 3 is 2.57 bits per heavy atom. The first-order valence-corrected chi connectivity index (χ1v) is 6.99. The predicted molar refractivity (Wildman–Crippen MR) is 76.9 cm³/mol. The maximum atomic E-state index is 13.6. The molecule has 2 amide bonds. The van der Waals surface area contributed by atoms with Crippen molar-refractivity contribution in [1.82, 2.24) is 4.90 Å². The fourth-order valence-electron chi connectivity index (χ4n) is 2.14. The van der Waals surface area contributed by atoms with E-state index in [9.17, 15) is 14.0 Å². The predicted octanol–water partition coefficient (Wildman–Crippen LogP) is 3.18. The third kappa shape index (κ3) is 3.93. The van der Waals surface area contributed by atoms with E-state index in [0.717, 1.165) is 25.0 Å². The number of carboxylic acid groups (broad SMARTS) is 1. The number of nitrogens with zero attached hydrogens (tertiary/aromatic N) is 1. The lowest BCUT2D eigenvalue weighted by atomic mass is 10.2. The monoisotopic (exact) mass is 294 g/mol. The standard InChI is InChI=1S/C15H19FN2O3/c1-9(2)8-18(11-4-5-11)15(21)17-10-3-6-12(14(19)20)13(16)7-10/h3,6-7,9,11H,4-5,8H2,1-2H3,(H,17,21)(H,19,20). The Labute approximate surface area is 122 Å². The van der Waals surface area contributed by atoms with Gasteiger partial charge in [0.05, 0.1) is 5.56 Å². The smallest absolute Gasteiger partial charge is 0.338 e. The number of hydrogen-bond acceptors (Lipinski definition) is 2. The van der Waals surface area contributed by atoms with E-state index in [1.807, 2.05) is 13.8 Å². The van der Waals surface area contributed by atoms with Crippen LogP contribution >= 0.6 is 0 Å². The Hall–Kier alpha value is -2.11. The van der Waals surface area contributed by atoms with Gasteiger partial charge >= 0.3 is 12.0 Å². The minimum absolute atomic E-state index is 0.260. The molecule has 0 atom stereocenters. The van der Waals surface area contributed by atoms with Gasteiger partial charge in [-0.2, -0.15) is 0 Å². The van der Waals surface area contributed by atoms with Crippen molar-refractivity contribution in [1.29, 1.82) is 0 Å². The molecule has 114 valence electrons. The number of hydrogen-bond donors (Lipinski definition) is 2. The minimum Gasteiger partial charge on any atom is -0.478 e. The number of nitrogens with one attached hydrogen (secondary N) is 1. The molecule has 2 N–H and O–H groups in total. The molecule has 0 spiro atoms. The summed E-state index contributed by atoms with van der Waals surface area (Å²) in [6.45, 7) is 4.71. The highest BCUT2D eigenvalue weighted by molar-refractivity contribution is 5.92. The highest BCUT2D eigenvalue weighted by Crippen LogP contribution is 2.28. The van der Waals surface area contributed by atoms with Crippen LogP contribution < -0.4 is 5.32 Å². The SMILES string of the molecule is CC(C)CN(C(=O)Nc1ccc(C(=O)O)c(F)c1)C1CC1. The molecular formula is C15H19FN2O3. The van der Waals surface area contributed by atoms with Crippen LogP contribution in [0.3, 0.4) is 0 Å². The van der Waals surface area contributed by atoms with Gasteiger partial charge in [-0.3, -0.25) is 0 Å². The molecule has 1 fully saturated rings. The fourth-order valence-corrected chi connectivity index (χ4v) is 2.14. The van der Waals surface area contributed by atoms with Crippen LogP contribution in [0.2, 0.25) is 0 Å². The summed E-state index contributed by atoms with van der Waals surface area (Å²) in [6.07, 6.45) is 1.99. The van der Waals surface area contributed by atoms with E-state index in [1.54, 1.807) is 4.90 Å². The van der Waals surface area contributed by atoms with Gasteiger partial charge in [-0.1, -0.05) is 13.8 Å². The summed E-state index contributed by atoms with van der Waals surface area (Å²) in [7, 11) is 0. The number of rotatable bonds is 5. The molecule has 0 saturated heterocycles. The molecule has 0 unspecified atom stereocenters. The van der Waals surface area contributed by atoms with Gasteiger partial charge in [0.2, 0.25) is 0 Å². The molecule has 5 nitrogen and oxygen atoms in total. The number of carbonyl (C=O) groups excluding carboxylic acids is 1. The largest absolute Gasteiger partial charge is 0.478 e. The highest BCUT2D eigenvalue weighted by atomic mass is 19.1. The second-order valence-electron chi connectivity index (χ2n) is 5.71. The molecule has 1 aliphatic rings. The number of carboxylic acids is 1. The molecule has 0 aromatic heterocycles. The number of carbonyl (C=O) groups is 2.